The maximum absolute atomic E-state index is 9.49. The molecule has 0 bridgehead atoms. The maximum atomic E-state index is 9.49. The number of rotatable bonds is 6. The normalized spacial score (nSPS) is 10.3. The SMILES string of the molecule is CC[N+](C)(CC)CC.COCCOC(=O)[O-]. The van der Waals surface area contributed by atoms with Crippen LogP contribution >= 0.6 is 0 Å². The molecular formula is C11H25NO4. The van der Waals surface area contributed by atoms with Crippen molar-refractivity contribution in [1.29, 1.82) is 0 Å². The van der Waals surface area contributed by atoms with E-state index in [0.29, 0.717) is 0 Å². The van der Waals surface area contributed by atoms with E-state index >= 15 is 0 Å². The van der Waals surface area contributed by atoms with Crippen LogP contribution in [0, 0.1) is 0 Å². The number of hydrogen-bond donors (Lipinski definition) is 0. The van der Waals surface area contributed by atoms with Crippen LogP contribution in [-0.4, -0.2) is 57.6 Å². The molecule has 0 aliphatic carbocycles. The third-order valence-corrected chi connectivity index (χ3v) is 2.80. The van der Waals surface area contributed by atoms with Crippen LogP contribution in [0.25, 0.3) is 0 Å². The Morgan fingerprint density at radius 3 is 1.75 bits per heavy atom. The van der Waals surface area contributed by atoms with Gasteiger partial charge >= 0.3 is 0 Å². The minimum Gasteiger partial charge on any atom is -0.547 e. The van der Waals surface area contributed by atoms with Gasteiger partial charge in [-0.05, 0) is 20.8 Å². The third-order valence-electron chi connectivity index (χ3n) is 2.80. The van der Waals surface area contributed by atoms with E-state index in [9.17, 15) is 9.90 Å². The summed E-state index contributed by atoms with van der Waals surface area (Å²) in [5.74, 6) is 0. The van der Waals surface area contributed by atoms with Crippen LogP contribution in [0.2, 0.25) is 0 Å². The summed E-state index contributed by atoms with van der Waals surface area (Å²) in [5.41, 5.74) is 0. The molecule has 0 aromatic carbocycles. The summed E-state index contributed by atoms with van der Waals surface area (Å²) in [7, 11) is 3.75. The second kappa shape index (κ2) is 10.7. The Kier molecular flexibility index (Phi) is 11.8. The Bertz CT molecular complexity index is 161. The van der Waals surface area contributed by atoms with Crippen LogP contribution in [-0.2, 0) is 9.47 Å². The molecule has 0 saturated carbocycles. The van der Waals surface area contributed by atoms with E-state index in [4.69, 9.17) is 0 Å². The molecule has 0 heterocycles. The summed E-state index contributed by atoms with van der Waals surface area (Å²) in [6.45, 7) is 10.8. The number of carbonyl (C=O) groups is 1. The average molecular weight is 235 g/mol. The number of carbonyl (C=O) groups excluding carboxylic acids is 1. The fraction of sp³-hybridized carbons (Fsp3) is 0.909. The third kappa shape index (κ3) is 11.3. The van der Waals surface area contributed by atoms with Gasteiger partial charge in [-0.2, -0.15) is 0 Å². The van der Waals surface area contributed by atoms with Crippen LogP contribution in [0.15, 0.2) is 0 Å². The number of methoxy groups -OCH3 is 1. The highest BCUT2D eigenvalue weighted by Gasteiger charge is 2.10. The lowest BCUT2D eigenvalue weighted by molar-refractivity contribution is -0.904. The summed E-state index contributed by atoms with van der Waals surface area (Å²) in [6.07, 6.45) is -1.51. The van der Waals surface area contributed by atoms with Gasteiger partial charge < -0.3 is 23.9 Å². The monoisotopic (exact) mass is 235 g/mol. The molecule has 0 saturated heterocycles. The summed E-state index contributed by atoms with van der Waals surface area (Å²) in [6, 6.07) is 0. The Balaban J connectivity index is 0. The highest BCUT2D eigenvalue weighted by atomic mass is 16.7. The van der Waals surface area contributed by atoms with Gasteiger partial charge in [-0.15, -0.1) is 0 Å². The summed E-state index contributed by atoms with van der Waals surface area (Å²) in [4.78, 5) is 9.49. The van der Waals surface area contributed by atoms with Crippen LogP contribution in [0.5, 0.6) is 0 Å². The summed E-state index contributed by atoms with van der Waals surface area (Å²) >= 11 is 0. The Hall–Kier alpha value is -0.810. The quantitative estimate of drug-likeness (QED) is 0.382. The Labute approximate surface area is 98.5 Å². The van der Waals surface area contributed by atoms with E-state index in [2.05, 4.69) is 37.3 Å². The molecule has 0 unspecified atom stereocenters. The molecule has 0 atom stereocenters. The standard InChI is InChI=1S/C7H18N.C4H8O4/c1-5-8(4,6-2)7-3;1-7-2-3-8-4(5)6/h5-7H2,1-4H3;2-3H2,1H3,(H,5,6)/q+1;/p-1. The van der Waals surface area contributed by atoms with Crippen molar-refractivity contribution in [3.05, 3.63) is 0 Å². The molecule has 0 aromatic rings. The zero-order chi connectivity index (χ0) is 13.0. The zero-order valence-corrected chi connectivity index (χ0v) is 11.1. The van der Waals surface area contributed by atoms with Crippen molar-refractivity contribution in [2.75, 3.05) is 47.0 Å². The fourth-order valence-electron chi connectivity index (χ4n) is 0.879. The Morgan fingerprint density at radius 2 is 1.56 bits per heavy atom. The molecule has 0 radical (unpaired) electrons. The van der Waals surface area contributed by atoms with Crippen molar-refractivity contribution < 1.29 is 23.9 Å². The molecule has 0 aliphatic heterocycles. The predicted octanol–water partition coefficient (Wildman–Crippen LogP) is 0.485. The van der Waals surface area contributed by atoms with Crippen molar-refractivity contribution >= 4 is 6.16 Å². The summed E-state index contributed by atoms with van der Waals surface area (Å²) in [5, 5.41) is 9.49. The zero-order valence-electron chi connectivity index (χ0n) is 11.1. The molecule has 0 rings (SSSR count). The number of nitrogens with zero attached hydrogens (tertiary/aromatic N) is 1. The molecule has 0 aliphatic rings. The molecule has 98 valence electrons. The smallest absolute Gasteiger partial charge is 0.252 e. The molecule has 0 spiro atoms. The van der Waals surface area contributed by atoms with E-state index in [0.717, 1.165) is 0 Å². The van der Waals surface area contributed by atoms with E-state index in [-0.39, 0.29) is 13.2 Å². The van der Waals surface area contributed by atoms with Gasteiger partial charge in [0, 0.05) is 7.11 Å². The number of hydrogen-bond acceptors (Lipinski definition) is 4. The van der Waals surface area contributed by atoms with Crippen molar-refractivity contribution in [3.8, 4) is 0 Å². The molecule has 0 fully saturated rings. The first-order chi connectivity index (χ1) is 7.45. The molecular weight excluding hydrogens is 210 g/mol. The number of quaternary nitrogens is 1. The van der Waals surface area contributed by atoms with E-state index in [1.807, 2.05) is 0 Å². The van der Waals surface area contributed by atoms with E-state index < -0.39 is 6.16 Å². The first kappa shape index (κ1) is 17.6. The van der Waals surface area contributed by atoms with E-state index in [1.54, 1.807) is 0 Å². The highest BCUT2D eigenvalue weighted by Crippen LogP contribution is 1.97. The van der Waals surface area contributed by atoms with Gasteiger partial charge in [-0.1, -0.05) is 0 Å². The minimum absolute atomic E-state index is 0.0405. The van der Waals surface area contributed by atoms with E-state index in [1.165, 1.54) is 31.2 Å². The van der Waals surface area contributed by atoms with Gasteiger partial charge in [0.15, 0.2) is 0 Å². The van der Waals surface area contributed by atoms with Crippen LogP contribution < -0.4 is 5.11 Å². The van der Waals surface area contributed by atoms with Crippen LogP contribution in [0.3, 0.4) is 0 Å². The maximum Gasteiger partial charge on any atom is 0.252 e. The van der Waals surface area contributed by atoms with Crippen molar-refractivity contribution in [1.82, 2.24) is 0 Å². The molecule has 5 heteroatoms. The van der Waals surface area contributed by atoms with Crippen LogP contribution in [0.4, 0.5) is 4.79 Å². The lowest BCUT2D eigenvalue weighted by Gasteiger charge is -2.30. The second-order valence-electron chi connectivity index (χ2n) is 3.66. The second-order valence-corrected chi connectivity index (χ2v) is 3.66. The first-order valence-electron chi connectivity index (χ1n) is 5.62. The van der Waals surface area contributed by atoms with Gasteiger partial charge in [0.25, 0.3) is 6.16 Å². The molecule has 0 amide bonds. The highest BCUT2D eigenvalue weighted by molar-refractivity contribution is 5.53. The predicted molar refractivity (Wildman–Crippen MR) is 61.0 cm³/mol. The molecule has 0 aromatic heterocycles. The lowest BCUT2D eigenvalue weighted by Crippen LogP contribution is -2.42. The van der Waals surface area contributed by atoms with Crippen molar-refractivity contribution in [2.24, 2.45) is 0 Å². The average Bonchev–Trinajstić information content (AvgIpc) is 2.29. The fourth-order valence-corrected chi connectivity index (χ4v) is 0.879. The summed E-state index contributed by atoms with van der Waals surface area (Å²) < 4.78 is 9.65. The number of carboxylic acid groups (broad SMARTS) is 1. The molecule has 16 heavy (non-hydrogen) atoms. The van der Waals surface area contributed by atoms with Crippen molar-refractivity contribution in [2.45, 2.75) is 20.8 Å². The van der Waals surface area contributed by atoms with Gasteiger partial charge in [0.2, 0.25) is 0 Å². The molecule has 0 N–H and O–H groups in total. The molecule has 5 nitrogen and oxygen atoms in total. The first-order valence-corrected chi connectivity index (χ1v) is 5.62. The van der Waals surface area contributed by atoms with Gasteiger partial charge in [0.05, 0.1) is 39.9 Å². The van der Waals surface area contributed by atoms with Gasteiger partial charge in [-0.25, -0.2) is 0 Å². The van der Waals surface area contributed by atoms with Gasteiger partial charge in [0.1, 0.15) is 0 Å². The lowest BCUT2D eigenvalue weighted by atomic mass is 10.4. The Morgan fingerprint density at radius 1 is 1.12 bits per heavy atom. The topological polar surface area (TPSA) is 58.6 Å². The van der Waals surface area contributed by atoms with Gasteiger partial charge in [-0.3, -0.25) is 0 Å². The van der Waals surface area contributed by atoms with Crippen molar-refractivity contribution in [3.63, 3.8) is 0 Å². The largest absolute Gasteiger partial charge is 0.547 e. The minimum atomic E-state index is -1.51. The van der Waals surface area contributed by atoms with Crippen LogP contribution in [0.1, 0.15) is 20.8 Å². The number of ether oxygens (including phenoxy) is 2.